The highest BCUT2D eigenvalue weighted by atomic mass is 35.5. The highest BCUT2D eigenvalue weighted by Crippen LogP contribution is 2.33. The predicted molar refractivity (Wildman–Crippen MR) is 189 cm³/mol. The Bertz CT molecular complexity index is 1670. The first-order chi connectivity index (χ1) is 23.0. The Morgan fingerprint density at radius 3 is 2.50 bits per heavy atom. The van der Waals surface area contributed by atoms with Crippen LogP contribution in [-0.4, -0.2) is 106 Å². The first kappa shape index (κ1) is 35.6. The quantitative estimate of drug-likeness (QED) is 0.183. The minimum atomic E-state index is -3.50. The molecule has 3 aromatic rings. The predicted octanol–water partition coefficient (Wildman–Crippen LogP) is 5.08. The molecule has 2 N–H and O–H groups in total. The topological polar surface area (TPSA) is 123 Å². The van der Waals surface area contributed by atoms with E-state index in [2.05, 4.69) is 42.2 Å². The zero-order valence-corrected chi connectivity index (χ0v) is 29.2. The second-order valence-corrected chi connectivity index (χ2v) is 14.6. The summed E-state index contributed by atoms with van der Waals surface area (Å²) in [4.78, 5) is 27.5. The second kappa shape index (κ2) is 16.1. The van der Waals surface area contributed by atoms with Gasteiger partial charge in [-0.15, -0.1) is 0 Å². The molecule has 0 saturated carbocycles. The lowest BCUT2D eigenvalue weighted by atomic mass is 10.0. The Balaban J connectivity index is 1.14. The summed E-state index contributed by atoms with van der Waals surface area (Å²) < 4.78 is 46.2. The minimum Gasteiger partial charge on any atom is -0.465 e. The van der Waals surface area contributed by atoms with Crippen LogP contribution in [0.4, 0.5) is 38.9 Å². The summed E-state index contributed by atoms with van der Waals surface area (Å²) in [6.45, 7) is 7.94. The van der Waals surface area contributed by atoms with E-state index in [0.717, 1.165) is 75.5 Å². The fourth-order valence-electron chi connectivity index (χ4n) is 5.96. The average molecular weight is 703 g/mol. The molecule has 2 aromatic carbocycles. The van der Waals surface area contributed by atoms with Crippen LogP contribution in [-0.2, 0) is 19.6 Å². The van der Waals surface area contributed by atoms with Crippen molar-refractivity contribution in [2.24, 2.45) is 0 Å². The van der Waals surface area contributed by atoms with Gasteiger partial charge in [-0.25, -0.2) is 17.8 Å². The summed E-state index contributed by atoms with van der Waals surface area (Å²) in [7, 11) is -2.04. The molecule has 2 fully saturated rings. The van der Waals surface area contributed by atoms with Gasteiger partial charge in [0.05, 0.1) is 42.7 Å². The number of piperidine rings is 1. The maximum Gasteiger partial charge on any atom is 0.320 e. The highest BCUT2D eigenvalue weighted by molar-refractivity contribution is 7.92. The molecule has 48 heavy (non-hydrogen) atoms. The highest BCUT2D eigenvalue weighted by Gasteiger charge is 2.29. The van der Waals surface area contributed by atoms with Crippen molar-refractivity contribution in [3.8, 4) is 0 Å². The maximum absolute atomic E-state index is 15.4. The largest absolute Gasteiger partial charge is 0.465 e. The van der Waals surface area contributed by atoms with E-state index in [1.165, 1.54) is 19.3 Å². The van der Waals surface area contributed by atoms with E-state index >= 15 is 4.39 Å². The van der Waals surface area contributed by atoms with Crippen LogP contribution in [0.5, 0.6) is 0 Å². The summed E-state index contributed by atoms with van der Waals surface area (Å²) in [5.41, 5.74) is 1.93. The first-order valence-corrected chi connectivity index (χ1v) is 18.5. The summed E-state index contributed by atoms with van der Waals surface area (Å²) in [6.07, 6.45) is 6.32. The minimum absolute atomic E-state index is 0.144. The molecule has 2 saturated heterocycles. The van der Waals surface area contributed by atoms with E-state index in [-0.39, 0.29) is 28.6 Å². The Hall–Kier alpha value is -3.72. The van der Waals surface area contributed by atoms with E-state index < -0.39 is 10.0 Å². The van der Waals surface area contributed by atoms with Crippen LogP contribution in [0.3, 0.4) is 0 Å². The number of hydrogen-bond acceptors (Lipinski definition) is 11. The number of aromatic nitrogens is 2. The van der Waals surface area contributed by atoms with Crippen molar-refractivity contribution in [1.29, 1.82) is 0 Å². The van der Waals surface area contributed by atoms with Crippen LogP contribution in [0.1, 0.15) is 32.6 Å². The third-order valence-electron chi connectivity index (χ3n) is 8.78. The number of hydrogen-bond donors (Lipinski definition) is 2. The molecule has 12 nitrogen and oxygen atoms in total. The van der Waals surface area contributed by atoms with Crippen molar-refractivity contribution in [2.45, 2.75) is 38.6 Å². The number of para-hydroxylation sites is 2. The van der Waals surface area contributed by atoms with Crippen LogP contribution < -0.4 is 19.8 Å². The molecule has 0 amide bonds. The third kappa shape index (κ3) is 9.24. The number of halogens is 2. The van der Waals surface area contributed by atoms with Gasteiger partial charge in [0, 0.05) is 58.0 Å². The molecular formula is C33H44ClFN8O4S. The molecule has 0 bridgehead atoms. The number of rotatable bonds is 13. The lowest BCUT2D eigenvalue weighted by molar-refractivity contribution is -0.145. The molecule has 0 unspecified atom stereocenters. The van der Waals surface area contributed by atoms with Gasteiger partial charge in [-0.3, -0.25) is 18.9 Å². The molecular weight excluding hydrogens is 659 g/mol. The number of esters is 1. The van der Waals surface area contributed by atoms with Gasteiger partial charge < -0.3 is 20.3 Å². The molecule has 2 aliphatic rings. The first-order valence-electron chi connectivity index (χ1n) is 16.3. The van der Waals surface area contributed by atoms with Crippen molar-refractivity contribution in [2.75, 3.05) is 85.6 Å². The number of carbonyl (C=O) groups is 1. The van der Waals surface area contributed by atoms with E-state index in [0.29, 0.717) is 41.9 Å². The average Bonchev–Trinajstić information content (AvgIpc) is 3.06. The summed E-state index contributed by atoms with van der Waals surface area (Å²) in [5.74, 6) is -0.0377. The molecule has 15 heteroatoms. The number of unbranched alkanes of at least 4 members (excludes halogenated alkanes) is 1. The number of ether oxygens (including phenoxy) is 1. The molecule has 0 aliphatic carbocycles. The summed E-state index contributed by atoms with van der Waals surface area (Å²) in [5, 5.41) is 6.37. The Labute approximate surface area is 287 Å². The zero-order valence-electron chi connectivity index (χ0n) is 27.7. The Morgan fingerprint density at radius 2 is 1.81 bits per heavy atom. The second-order valence-electron chi connectivity index (χ2n) is 12.2. The number of anilines is 6. The number of carbonyl (C=O) groups excluding carboxylic acids is 1. The normalized spacial score (nSPS) is 16.5. The standard InChI is InChI=1S/C33H44ClFN8O4S/c1-4-5-20-47-31(44)23-41-16-18-42(19-17-41)25-12-14-43(15-13-25)29-11-10-24(21-27(29)35)37-33-36-22-26(34)32(39-33)38-28-8-6-7-9-30(28)40(2)48(3,45)46/h6-11,21-22,25H,4-5,12-20,23H2,1-3H3,(H2,36,37,38,39). The third-order valence-corrected chi connectivity index (χ3v) is 10.3. The molecule has 5 rings (SSSR count). The monoisotopic (exact) mass is 702 g/mol. The number of sulfonamides is 1. The van der Waals surface area contributed by atoms with Crippen LogP contribution in [0, 0.1) is 5.82 Å². The van der Waals surface area contributed by atoms with Gasteiger partial charge in [0.2, 0.25) is 16.0 Å². The SMILES string of the molecule is CCCCOC(=O)CN1CCN(C2CCN(c3ccc(Nc4ncc(Cl)c(Nc5ccccc5N(C)S(C)(=O)=O)n4)cc3F)CC2)CC1. The van der Waals surface area contributed by atoms with E-state index in [4.69, 9.17) is 16.3 Å². The van der Waals surface area contributed by atoms with Crippen LogP contribution in [0.15, 0.2) is 48.7 Å². The van der Waals surface area contributed by atoms with Gasteiger partial charge in [-0.2, -0.15) is 4.98 Å². The number of nitrogens with zero attached hydrogens (tertiary/aromatic N) is 6. The summed E-state index contributed by atoms with van der Waals surface area (Å²) in [6, 6.07) is 12.3. The van der Waals surface area contributed by atoms with E-state index in [1.807, 2.05) is 0 Å². The summed E-state index contributed by atoms with van der Waals surface area (Å²) >= 11 is 6.37. The van der Waals surface area contributed by atoms with Crippen molar-refractivity contribution in [3.63, 3.8) is 0 Å². The molecule has 260 valence electrons. The smallest absolute Gasteiger partial charge is 0.320 e. The lowest BCUT2D eigenvalue weighted by Crippen LogP contribution is -2.54. The van der Waals surface area contributed by atoms with Crippen LogP contribution in [0.2, 0.25) is 5.02 Å². The zero-order chi connectivity index (χ0) is 34.3. The van der Waals surface area contributed by atoms with Crippen molar-refractivity contribution >= 4 is 62.1 Å². The van der Waals surface area contributed by atoms with Crippen LogP contribution in [0.25, 0.3) is 0 Å². The molecule has 1 aromatic heterocycles. The molecule has 0 spiro atoms. The van der Waals surface area contributed by atoms with Gasteiger partial charge in [-0.05, 0) is 49.6 Å². The van der Waals surface area contributed by atoms with Crippen LogP contribution >= 0.6 is 11.6 Å². The van der Waals surface area contributed by atoms with Gasteiger partial charge in [0.1, 0.15) is 10.8 Å². The van der Waals surface area contributed by atoms with E-state index in [1.54, 1.807) is 36.4 Å². The van der Waals surface area contributed by atoms with E-state index in [9.17, 15) is 13.2 Å². The Morgan fingerprint density at radius 1 is 1.08 bits per heavy atom. The van der Waals surface area contributed by atoms with Gasteiger partial charge in [-0.1, -0.05) is 37.1 Å². The van der Waals surface area contributed by atoms with Crippen molar-refractivity contribution in [3.05, 3.63) is 59.5 Å². The van der Waals surface area contributed by atoms with Crippen molar-refractivity contribution in [1.82, 2.24) is 19.8 Å². The Kier molecular flexibility index (Phi) is 11.9. The fourth-order valence-corrected chi connectivity index (χ4v) is 6.62. The number of nitrogens with one attached hydrogen (secondary N) is 2. The molecule has 0 atom stereocenters. The van der Waals surface area contributed by atoms with Crippen molar-refractivity contribution < 1.29 is 22.3 Å². The molecule has 0 radical (unpaired) electrons. The van der Waals surface area contributed by atoms with Gasteiger partial charge in [0.25, 0.3) is 0 Å². The lowest BCUT2D eigenvalue weighted by Gasteiger charge is -2.43. The molecule has 3 heterocycles. The maximum atomic E-state index is 15.4. The van der Waals surface area contributed by atoms with Gasteiger partial charge in [0.15, 0.2) is 5.82 Å². The molecule has 2 aliphatic heterocycles. The number of piperazine rings is 1. The number of benzene rings is 2. The fraction of sp³-hybridized carbons (Fsp3) is 0.485. The van der Waals surface area contributed by atoms with Gasteiger partial charge >= 0.3 is 5.97 Å².